The molecule has 1 N–H and O–H groups in total. The van der Waals surface area contributed by atoms with Gasteiger partial charge in [0.1, 0.15) is 12.3 Å². The summed E-state index contributed by atoms with van der Waals surface area (Å²) in [5, 5.41) is 6.48. The van der Waals surface area contributed by atoms with Crippen molar-refractivity contribution in [3.05, 3.63) is 60.5 Å². The fourth-order valence-corrected chi connectivity index (χ4v) is 3.40. The van der Waals surface area contributed by atoms with Crippen molar-refractivity contribution >= 4 is 21.6 Å². The summed E-state index contributed by atoms with van der Waals surface area (Å²) in [5.74, 6) is 0.788. The van der Waals surface area contributed by atoms with Gasteiger partial charge in [-0.2, -0.15) is 4.98 Å². The van der Waals surface area contributed by atoms with Gasteiger partial charge < -0.3 is 14.6 Å². The molecular weight excluding hydrogens is 396 g/mol. The quantitative estimate of drug-likeness (QED) is 0.596. The highest BCUT2D eigenvalue weighted by Crippen LogP contribution is 2.20. The van der Waals surface area contributed by atoms with Gasteiger partial charge in [-0.3, -0.25) is 9.10 Å². The van der Waals surface area contributed by atoms with Crippen LogP contribution in [0.1, 0.15) is 5.89 Å². The maximum Gasteiger partial charge on any atom is 0.246 e. The van der Waals surface area contributed by atoms with E-state index in [1.165, 1.54) is 0 Å². The third-order valence-corrected chi connectivity index (χ3v) is 5.13. The zero-order valence-corrected chi connectivity index (χ0v) is 16.7. The number of benzene rings is 2. The number of amides is 1. The Morgan fingerprint density at radius 2 is 1.83 bits per heavy atom. The molecule has 2 aromatic carbocycles. The molecule has 3 rings (SSSR count). The maximum atomic E-state index is 12.3. The molecule has 0 saturated heterocycles. The second kappa shape index (κ2) is 8.74. The van der Waals surface area contributed by atoms with Crippen molar-refractivity contribution in [2.24, 2.45) is 0 Å². The van der Waals surface area contributed by atoms with Gasteiger partial charge in [0.2, 0.25) is 27.6 Å². The van der Waals surface area contributed by atoms with Gasteiger partial charge in [0.05, 0.1) is 25.6 Å². The summed E-state index contributed by atoms with van der Waals surface area (Å²) >= 11 is 0. The Hall–Kier alpha value is -3.40. The number of aromatic nitrogens is 2. The number of carbonyl (C=O) groups is 1. The van der Waals surface area contributed by atoms with E-state index in [9.17, 15) is 13.2 Å². The second-order valence-electron chi connectivity index (χ2n) is 6.12. The maximum absolute atomic E-state index is 12.3. The molecule has 0 aliphatic rings. The van der Waals surface area contributed by atoms with Gasteiger partial charge in [-0.05, 0) is 36.4 Å². The Balaban J connectivity index is 1.62. The Morgan fingerprint density at radius 3 is 2.45 bits per heavy atom. The molecule has 0 unspecified atom stereocenters. The molecule has 0 spiro atoms. The number of nitrogens with one attached hydrogen (secondary N) is 1. The van der Waals surface area contributed by atoms with Crippen molar-refractivity contribution in [3.8, 4) is 17.1 Å². The van der Waals surface area contributed by atoms with Crippen LogP contribution in [0.5, 0.6) is 5.75 Å². The fourth-order valence-electron chi connectivity index (χ4n) is 2.54. The number of hydrogen-bond donors (Lipinski definition) is 1. The van der Waals surface area contributed by atoms with Crippen LogP contribution in [0.2, 0.25) is 0 Å². The molecule has 0 atom stereocenters. The summed E-state index contributed by atoms with van der Waals surface area (Å²) in [4.78, 5) is 16.5. The number of para-hydroxylation sites is 1. The Labute approximate surface area is 168 Å². The molecule has 0 aliphatic heterocycles. The van der Waals surface area contributed by atoms with Gasteiger partial charge in [0.25, 0.3) is 0 Å². The predicted octanol–water partition coefficient (Wildman–Crippen LogP) is 1.83. The van der Waals surface area contributed by atoms with Crippen molar-refractivity contribution in [2.45, 2.75) is 6.54 Å². The highest BCUT2D eigenvalue weighted by Gasteiger charge is 2.21. The van der Waals surface area contributed by atoms with Crippen LogP contribution in [0, 0.1) is 0 Å². The van der Waals surface area contributed by atoms with Gasteiger partial charge in [-0.25, -0.2) is 8.42 Å². The largest absolute Gasteiger partial charge is 0.497 e. The molecule has 1 heterocycles. The van der Waals surface area contributed by atoms with E-state index in [2.05, 4.69) is 15.5 Å². The molecule has 0 saturated carbocycles. The van der Waals surface area contributed by atoms with E-state index < -0.39 is 15.9 Å². The summed E-state index contributed by atoms with van der Waals surface area (Å²) in [6, 6.07) is 15.5. The van der Waals surface area contributed by atoms with E-state index in [4.69, 9.17) is 9.26 Å². The van der Waals surface area contributed by atoms with E-state index in [0.29, 0.717) is 17.3 Å². The summed E-state index contributed by atoms with van der Waals surface area (Å²) < 4.78 is 35.4. The second-order valence-corrected chi connectivity index (χ2v) is 8.03. The molecule has 0 bridgehead atoms. The molecule has 152 valence electrons. The van der Waals surface area contributed by atoms with Gasteiger partial charge in [-0.15, -0.1) is 0 Å². The SMILES string of the molecule is COc1ccc(-c2noc(CNC(=O)CN(c3ccccc3)S(C)(=O)=O)n2)cc1. The van der Waals surface area contributed by atoms with Crippen molar-refractivity contribution in [1.82, 2.24) is 15.5 Å². The number of carbonyl (C=O) groups excluding carboxylic acids is 1. The van der Waals surface area contributed by atoms with E-state index in [-0.39, 0.29) is 19.0 Å². The zero-order valence-electron chi connectivity index (χ0n) is 15.9. The first-order chi connectivity index (χ1) is 13.9. The van der Waals surface area contributed by atoms with Crippen LogP contribution < -0.4 is 14.4 Å². The average Bonchev–Trinajstić information content (AvgIpc) is 3.19. The van der Waals surface area contributed by atoms with Crippen LogP contribution in [0.4, 0.5) is 5.69 Å². The lowest BCUT2D eigenvalue weighted by atomic mass is 10.2. The molecule has 0 aliphatic carbocycles. The minimum atomic E-state index is -3.62. The van der Waals surface area contributed by atoms with E-state index in [0.717, 1.165) is 16.1 Å². The summed E-state index contributed by atoms with van der Waals surface area (Å²) in [6.07, 6.45) is 1.05. The molecule has 3 aromatic rings. The van der Waals surface area contributed by atoms with Gasteiger partial charge >= 0.3 is 0 Å². The van der Waals surface area contributed by atoms with E-state index in [1.54, 1.807) is 61.7 Å². The number of methoxy groups -OCH3 is 1. The number of sulfonamides is 1. The lowest BCUT2D eigenvalue weighted by Gasteiger charge is -2.21. The van der Waals surface area contributed by atoms with Gasteiger partial charge in [-0.1, -0.05) is 23.4 Å². The normalized spacial score (nSPS) is 11.1. The molecule has 10 heteroatoms. The van der Waals surface area contributed by atoms with Crippen LogP contribution in [0.25, 0.3) is 11.4 Å². The smallest absolute Gasteiger partial charge is 0.246 e. The lowest BCUT2D eigenvalue weighted by molar-refractivity contribution is -0.119. The molecule has 9 nitrogen and oxygen atoms in total. The van der Waals surface area contributed by atoms with Crippen molar-refractivity contribution in [3.63, 3.8) is 0 Å². The highest BCUT2D eigenvalue weighted by molar-refractivity contribution is 7.92. The number of nitrogens with zero attached hydrogens (tertiary/aromatic N) is 3. The van der Waals surface area contributed by atoms with Crippen LogP contribution >= 0.6 is 0 Å². The topological polar surface area (TPSA) is 115 Å². The first kappa shape index (κ1) is 20.3. The number of ether oxygens (including phenoxy) is 1. The first-order valence-electron chi connectivity index (χ1n) is 8.63. The lowest BCUT2D eigenvalue weighted by Crippen LogP contribution is -2.40. The summed E-state index contributed by atoms with van der Waals surface area (Å²) in [6.45, 7) is -0.378. The molecule has 1 amide bonds. The molecular formula is C19H20N4O5S. The predicted molar refractivity (Wildman–Crippen MR) is 107 cm³/mol. The molecule has 0 fully saturated rings. The van der Waals surface area contributed by atoms with Gasteiger partial charge in [0.15, 0.2) is 0 Å². The standard InChI is InChI=1S/C19H20N4O5S/c1-27-16-10-8-14(9-11-16)19-21-18(28-22-19)12-20-17(24)13-23(29(2,25)26)15-6-4-3-5-7-15/h3-11H,12-13H2,1-2H3,(H,20,24). The molecule has 0 radical (unpaired) electrons. The summed E-state index contributed by atoms with van der Waals surface area (Å²) in [7, 11) is -2.05. The Bertz CT molecular complexity index is 1070. The van der Waals surface area contributed by atoms with Crippen molar-refractivity contribution in [2.75, 3.05) is 24.2 Å². The monoisotopic (exact) mass is 416 g/mol. The van der Waals surface area contributed by atoms with E-state index in [1.807, 2.05) is 0 Å². The van der Waals surface area contributed by atoms with E-state index >= 15 is 0 Å². The number of hydrogen-bond acceptors (Lipinski definition) is 7. The number of anilines is 1. The minimum Gasteiger partial charge on any atom is -0.497 e. The summed E-state index contributed by atoms with van der Waals surface area (Å²) in [5.41, 5.74) is 1.14. The van der Waals surface area contributed by atoms with Gasteiger partial charge in [0, 0.05) is 5.56 Å². The Kier molecular flexibility index (Phi) is 6.13. The average molecular weight is 416 g/mol. The minimum absolute atomic E-state index is 0.0195. The van der Waals surface area contributed by atoms with Crippen LogP contribution in [-0.4, -0.2) is 44.4 Å². The molecule has 29 heavy (non-hydrogen) atoms. The fraction of sp³-hybridized carbons (Fsp3) is 0.211. The Morgan fingerprint density at radius 1 is 1.14 bits per heavy atom. The third-order valence-electron chi connectivity index (χ3n) is 3.98. The zero-order chi connectivity index (χ0) is 20.9. The number of rotatable bonds is 8. The van der Waals surface area contributed by atoms with Crippen LogP contribution in [0.15, 0.2) is 59.1 Å². The van der Waals surface area contributed by atoms with Crippen molar-refractivity contribution in [1.29, 1.82) is 0 Å². The highest BCUT2D eigenvalue weighted by atomic mass is 32.2. The third kappa shape index (κ3) is 5.32. The van der Waals surface area contributed by atoms with Crippen LogP contribution in [-0.2, 0) is 21.4 Å². The van der Waals surface area contributed by atoms with Crippen LogP contribution in [0.3, 0.4) is 0 Å². The van der Waals surface area contributed by atoms with Crippen molar-refractivity contribution < 1.29 is 22.5 Å². The molecule has 1 aromatic heterocycles. The first-order valence-corrected chi connectivity index (χ1v) is 10.5.